The largest absolute Gasteiger partial charge is 0.310 e. The Labute approximate surface area is 119 Å². The number of benzene rings is 1. The van der Waals surface area contributed by atoms with Crippen LogP contribution in [0.15, 0.2) is 24.3 Å². The van der Waals surface area contributed by atoms with E-state index in [-0.39, 0.29) is 0 Å². The summed E-state index contributed by atoms with van der Waals surface area (Å²) in [5.41, 5.74) is 1.37. The maximum absolute atomic E-state index is 5.30. The Hall–Kier alpha value is -0.530. The standard InChI is InChI=1S/C15H20IN/c1-3-5-6-7-15(17-12-4-2)13-8-10-14(16)11-9-13/h1,8-11,15,17H,4-7,12H2,2H3. The highest BCUT2D eigenvalue weighted by Gasteiger charge is 2.09. The van der Waals surface area contributed by atoms with Gasteiger partial charge in [-0.05, 0) is 66.1 Å². The Bertz CT molecular complexity index is 350. The summed E-state index contributed by atoms with van der Waals surface area (Å²) in [4.78, 5) is 0. The zero-order chi connectivity index (χ0) is 12.5. The Morgan fingerprint density at radius 2 is 2.06 bits per heavy atom. The molecule has 0 aliphatic heterocycles. The lowest BCUT2D eigenvalue weighted by molar-refractivity contribution is 0.487. The van der Waals surface area contributed by atoms with Crippen LogP contribution in [0, 0.1) is 15.9 Å². The van der Waals surface area contributed by atoms with Crippen molar-refractivity contribution >= 4 is 22.6 Å². The van der Waals surface area contributed by atoms with Crippen LogP contribution in [-0.4, -0.2) is 6.54 Å². The van der Waals surface area contributed by atoms with Gasteiger partial charge in [0.1, 0.15) is 0 Å². The summed E-state index contributed by atoms with van der Waals surface area (Å²) in [6, 6.07) is 9.20. The van der Waals surface area contributed by atoms with Gasteiger partial charge in [0.25, 0.3) is 0 Å². The van der Waals surface area contributed by atoms with Gasteiger partial charge in [-0.3, -0.25) is 0 Å². The molecule has 1 aromatic rings. The molecule has 0 amide bonds. The zero-order valence-corrected chi connectivity index (χ0v) is 12.5. The zero-order valence-electron chi connectivity index (χ0n) is 10.4. The van der Waals surface area contributed by atoms with Gasteiger partial charge in [0.05, 0.1) is 0 Å². The van der Waals surface area contributed by atoms with E-state index >= 15 is 0 Å². The van der Waals surface area contributed by atoms with Gasteiger partial charge in [0.2, 0.25) is 0 Å². The second-order valence-corrected chi connectivity index (χ2v) is 5.40. The SMILES string of the molecule is C#CCCCC(NCCC)c1ccc(I)cc1. The van der Waals surface area contributed by atoms with Gasteiger partial charge in [-0.15, -0.1) is 12.3 Å². The number of nitrogens with one attached hydrogen (secondary N) is 1. The van der Waals surface area contributed by atoms with E-state index in [1.807, 2.05) is 0 Å². The molecular weight excluding hydrogens is 321 g/mol. The fraction of sp³-hybridized carbons (Fsp3) is 0.467. The molecule has 1 unspecified atom stereocenters. The Morgan fingerprint density at radius 3 is 2.65 bits per heavy atom. The van der Waals surface area contributed by atoms with Gasteiger partial charge in [-0.2, -0.15) is 0 Å². The number of unbranched alkanes of at least 4 members (excludes halogenated alkanes) is 1. The van der Waals surface area contributed by atoms with Crippen LogP contribution in [0.5, 0.6) is 0 Å². The average Bonchev–Trinajstić information content (AvgIpc) is 2.35. The maximum atomic E-state index is 5.30. The number of hydrogen-bond acceptors (Lipinski definition) is 1. The molecule has 0 aliphatic rings. The monoisotopic (exact) mass is 341 g/mol. The number of halogens is 1. The van der Waals surface area contributed by atoms with Gasteiger partial charge < -0.3 is 5.32 Å². The molecule has 0 saturated heterocycles. The molecule has 0 fully saturated rings. The minimum Gasteiger partial charge on any atom is -0.310 e. The minimum atomic E-state index is 0.445. The summed E-state index contributed by atoms with van der Waals surface area (Å²) >= 11 is 2.34. The summed E-state index contributed by atoms with van der Waals surface area (Å²) in [6.45, 7) is 3.26. The van der Waals surface area contributed by atoms with Crippen molar-refractivity contribution in [2.75, 3.05) is 6.54 Å². The van der Waals surface area contributed by atoms with Crippen LogP contribution in [0.25, 0.3) is 0 Å². The fourth-order valence-electron chi connectivity index (χ4n) is 1.81. The molecule has 1 atom stereocenters. The van der Waals surface area contributed by atoms with Crippen LogP contribution in [0.1, 0.15) is 44.2 Å². The normalized spacial score (nSPS) is 12.1. The Kier molecular flexibility index (Phi) is 7.30. The highest BCUT2D eigenvalue weighted by atomic mass is 127. The summed E-state index contributed by atoms with van der Waals surface area (Å²) < 4.78 is 1.28. The van der Waals surface area contributed by atoms with Gasteiger partial charge in [0, 0.05) is 16.0 Å². The van der Waals surface area contributed by atoms with Crippen LogP contribution in [-0.2, 0) is 0 Å². The van der Waals surface area contributed by atoms with E-state index in [1.165, 1.54) is 9.13 Å². The lowest BCUT2D eigenvalue weighted by atomic mass is 10.0. The minimum absolute atomic E-state index is 0.445. The van der Waals surface area contributed by atoms with Crippen molar-refractivity contribution in [2.24, 2.45) is 0 Å². The van der Waals surface area contributed by atoms with Gasteiger partial charge in [0.15, 0.2) is 0 Å². The molecule has 1 N–H and O–H groups in total. The van der Waals surface area contributed by atoms with Crippen molar-refractivity contribution < 1.29 is 0 Å². The van der Waals surface area contributed by atoms with Crippen molar-refractivity contribution in [1.29, 1.82) is 0 Å². The van der Waals surface area contributed by atoms with E-state index in [9.17, 15) is 0 Å². The lowest BCUT2D eigenvalue weighted by Crippen LogP contribution is -2.22. The molecule has 0 aliphatic carbocycles. The third-order valence-electron chi connectivity index (χ3n) is 2.73. The molecule has 2 heteroatoms. The van der Waals surface area contributed by atoms with Crippen molar-refractivity contribution in [1.82, 2.24) is 5.32 Å². The molecular formula is C15H20IN. The smallest absolute Gasteiger partial charge is 0.0320 e. The summed E-state index contributed by atoms with van der Waals surface area (Å²) in [7, 11) is 0. The molecule has 0 saturated carbocycles. The summed E-state index contributed by atoms with van der Waals surface area (Å²) in [5, 5.41) is 3.59. The van der Waals surface area contributed by atoms with Crippen LogP contribution in [0.2, 0.25) is 0 Å². The fourth-order valence-corrected chi connectivity index (χ4v) is 2.17. The number of rotatable bonds is 7. The predicted molar refractivity (Wildman–Crippen MR) is 82.9 cm³/mol. The molecule has 0 heterocycles. The molecule has 1 aromatic carbocycles. The van der Waals surface area contributed by atoms with E-state index in [1.54, 1.807) is 0 Å². The molecule has 0 bridgehead atoms. The second kappa shape index (κ2) is 8.54. The molecule has 0 aromatic heterocycles. The van der Waals surface area contributed by atoms with Crippen molar-refractivity contribution in [3.63, 3.8) is 0 Å². The quantitative estimate of drug-likeness (QED) is 0.447. The van der Waals surface area contributed by atoms with E-state index in [0.717, 1.165) is 32.2 Å². The first-order chi connectivity index (χ1) is 8.27. The maximum Gasteiger partial charge on any atom is 0.0320 e. The summed E-state index contributed by atoms with van der Waals surface area (Å²) in [6.07, 6.45) is 9.54. The van der Waals surface area contributed by atoms with E-state index in [2.05, 4.69) is 65.0 Å². The topological polar surface area (TPSA) is 12.0 Å². The van der Waals surface area contributed by atoms with Gasteiger partial charge >= 0.3 is 0 Å². The Morgan fingerprint density at radius 1 is 1.35 bits per heavy atom. The first-order valence-electron chi connectivity index (χ1n) is 6.20. The predicted octanol–water partition coefficient (Wildman–Crippen LogP) is 4.14. The lowest BCUT2D eigenvalue weighted by Gasteiger charge is -2.18. The van der Waals surface area contributed by atoms with Crippen LogP contribution >= 0.6 is 22.6 Å². The third-order valence-corrected chi connectivity index (χ3v) is 3.45. The molecule has 0 radical (unpaired) electrons. The first-order valence-corrected chi connectivity index (χ1v) is 7.28. The molecule has 1 rings (SSSR count). The number of terminal acetylenes is 1. The molecule has 17 heavy (non-hydrogen) atoms. The second-order valence-electron chi connectivity index (χ2n) is 4.15. The summed E-state index contributed by atoms with van der Waals surface area (Å²) in [5.74, 6) is 2.71. The van der Waals surface area contributed by atoms with Gasteiger partial charge in [-0.1, -0.05) is 19.1 Å². The van der Waals surface area contributed by atoms with Crippen LogP contribution < -0.4 is 5.32 Å². The van der Waals surface area contributed by atoms with E-state index in [0.29, 0.717) is 6.04 Å². The molecule has 1 nitrogen and oxygen atoms in total. The van der Waals surface area contributed by atoms with Crippen LogP contribution in [0.4, 0.5) is 0 Å². The van der Waals surface area contributed by atoms with Gasteiger partial charge in [-0.25, -0.2) is 0 Å². The number of hydrogen-bond donors (Lipinski definition) is 1. The van der Waals surface area contributed by atoms with Crippen molar-refractivity contribution in [3.8, 4) is 12.3 Å². The van der Waals surface area contributed by atoms with E-state index in [4.69, 9.17) is 6.42 Å². The molecule has 92 valence electrons. The highest BCUT2D eigenvalue weighted by molar-refractivity contribution is 14.1. The van der Waals surface area contributed by atoms with Crippen molar-refractivity contribution in [2.45, 2.75) is 38.6 Å². The Balaban J connectivity index is 2.61. The van der Waals surface area contributed by atoms with E-state index < -0.39 is 0 Å². The average molecular weight is 341 g/mol. The third kappa shape index (κ3) is 5.56. The highest BCUT2D eigenvalue weighted by Crippen LogP contribution is 2.20. The molecule has 0 spiro atoms. The van der Waals surface area contributed by atoms with Crippen LogP contribution in [0.3, 0.4) is 0 Å². The first kappa shape index (κ1) is 14.5. The van der Waals surface area contributed by atoms with Crippen molar-refractivity contribution in [3.05, 3.63) is 33.4 Å².